The minimum Gasteiger partial charge on any atom is -0.454 e. The molecule has 6 nitrogen and oxygen atoms in total. The Morgan fingerprint density at radius 1 is 1.25 bits per heavy atom. The highest BCUT2D eigenvalue weighted by Crippen LogP contribution is 2.29. The van der Waals surface area contributed by atoms with Crippen molar-refractivity contribution >= 4 is 37.5 Å². The van der Waals surface area contributed by atoms with Crippen molar-refractivity contribution in [2.45, 2.75) is 26.3 Å². The second-order valence-electron chi connectivity index (χ2n) is 6.84. The number of carbonyl (C=O) groups is 2. The Bertz CT molecular complexity index is 1060. The third-order valence-corrected chi connectivity index (χ3v) is 7.25. The molecule has 0 N–H and O–H groups in total. The number of esters is 1. The normalized spacial score (nSPS) is 18.2. The van der Waals surface area contributed by atoms with Gasteiger partial charge in [-0.15, -0.1) is 0 Å². The van der Waals surface area contributed by atoms with Gasteiger partial charge < -0.3 is 9.30 Å². The van der Waals surface area contributed by atoms with Gasteiger partial charge in [0.05, 0.1) is 17.1 Å². The van der Waals surface area contributed by atoms with Gasteiger partial charge in [-0.3, -0.25) is 4.79 Å². The van der Waals surface area contributed by atoms with Gasteiger partial charge in [0.1, 0.15) is 5.82 Å². The van der Waals surface area contributed by atoms with Gasteiger partial charge in [0.2, 0.25) is 5.78 Å². The number of aromatic nitrogens is 1. The lowest BCUT2D eigenvalue weighted by Gasteiger charge is -2.16. The average molecular weight is 472 g/mol. The second-order valence-corrected chi connectivity index (χ2v) is 9.92. The van der Waals surface area contributed by atoms with Crippen molar-refractivity contribution in [3.05, 3.63) is 57.1 Å². The maximum atomic E-state index is 13.1. The zero-order chi connectivity index (χ0) is 20.6. The standard InChI is InChI=1S/C19H19BrFNO5S/c1-11-7-16(12(2)22(11)14-5-6-28(25,26)10-14)18(23)9-27-19(24)15-4-3-13(21)8-17(15)20/h3-4,7-8,14H,5-6,9-10H2,1-2H3. The van der Waals surface area contributed by atoms with Crippen molar-refractivity contribution < 1.29 is 27.1 Å². The lowest BCUT2D eigenvalue weighted by atomic mass is 10.1. The van der Waals surface area contributed by atoms with Crippen LogP contribution in [0.1, 0.15) is 44.6 Å². The minimum absolute atomic E-state index is 0.0601. The van der Waals surface area contributed by atoms with E-state index in [1.807, 2.05) is 11.5 Å². The molecule has 1 aromatic carbocycles. The first-order valence-corrected chi connectivity index (χ1v) is 11.2. The summed E-state index contributed by atoms with van der Waals surface area (Å²) in [6, 6.07) is 5.04. The largest absolute Gasteiger partial charge is 0.454 e. The fourth-order valence-corrected chi connectivity index (χ4v) is 5.75. The fraction of sp³-hybridized carbons (Fsp3) is 0.368. The number of rotatable bonds is 5. The number of halogens is 2. The number of hydrogen-bond acceptors (Lipinski definition) is 5. The molecular formula is C19H19BrFNO5S. The van der Waals surface area contributed by atoms with Crippen LogP contribution < -0.4 is 0 Å². The predicted octanol–water partition coefficient (Wildman–Crippen LogP) is 3.41. The summed E-state index contributed by atoms with van der Waals surface area (Å²) in [5.41, 5.74) is 1.96. The van der Waals surface area contributed by atoms with E-state index in [0.29, 0.717) is 17.7 Å². The fourth-order valence-electron chi connectivity index (χ4n) is 3.54. The van der Waals surface area contributed by atoms with Gasteiger partial charge in [0, 0.05) is 27.5 Å². The average Bonchev–Trinajstić information content (AvgIpc) is 3.10. The molecule has 2 heterocycles. The van der Waals surface area contributed by atoms with E-state index in [2.05, 4.69) is 15.9 Å². The van der Waals surface area contributed by atoms with E-state index in [1.165, 1.54) is 6.07 Å². The summed E-state index contributed by atoms with van der Waals surface area (Å²) in [6.45, 7) is 3.11. The minimum atomic E-state index is -3.05. The first kappa shape index (κ1) is 20.7. The van der Waals surface area contributed by atoms with E-state index in [0.717, 1.165) is 17.8 Å². The van der Waals surface area contributed by atoms with Crippen molar-refractivity contribution in [1.29, 1.82) is 0 Å². The highest BCUT2D eigenvalue weighted by Gasteiger charge is 2.31. The van der Waals surface area contributed by atoms with Gasteiger partial charge in [-0.05, 0) is 60.5 Å². The molecule has 0 bridgehead atoms. The Morgan fingerprint density at radius 2 is 1.96 bits per heavy atom. The number of ether oxygens (including phenoxy) is 1. The van der Waals surface area contributed by atoms with Crippen LogP contribution in [0.3, 0.4) is 0 Å². The van der Waals surface area contributed by atoms with Gasteiger partial charge in [-0.2, -0.15) is 0 Å². The number of benzene rings is 1. The van der Waals surface area contributed by atoms with Gasteiger partial charge in [0.25, 0.3) is 0 Å². The molecule has 1 aliphatic heterocycles. The van der Waals surface area contributed by atoms with E-state index < -0.39 is 28.2 Å². The summed E-state index contributed by atoms with van der Waals surface area (Å²) in [6.07, 6.45) is 0.514. The molecule has 0 aliphatic carbocycles. The lowest BCUT2D eigenvalue weighted by Crippen LogP contribution is -2.17. The number of nitrogens with zero attached hydrogens (tertiary/aromatic N) is 1. The molecular weight excluding hydrogens is 453 g/mol. The highest BCUT2D eigenvalue weighted by molar-refractivity contribution is 9.10. The monoisotopic (exact) mass is 471 g/mol. The molecule has 3 rings (SSSR count). The molecule has 1 fully saturated rings. The third kappa shape index (κ3) is 4.20. The van der Waals surface area contributed by atoms with Crippen molar-refractivity contribution in [1.82, 2.24) is 4.57 Å². The maximum Gasteiger partial charge on any atom is 0.339 e. The quantitative estimate of drug-likeness (QED) is 0.492. The molecule has 1 atom stereocenters. The van der Waals surface area contributed by atoms with E-state index in [1.54, 1.807) is 13.0 Å². The summed E-state index contributed by atoms with van der Waals surface area (Å²) in [7, 11) is -3.05. The molecule has 150 valence electrons. The predicted molar refractivity (Wildman–Crippen MR) is 105 cm³/mol. The van der Waals surface area contributed by atoms with Crippen LogP contribution in [0.15, 0.2) is 28.7 Å². The van der Waals surface area contributed by atoms with Gasteiger partial charge in [-0.1, -0.05) is 0 Å². The Balaban J connectivity index is 1.73. The molecule has 1 saturated heterocycles. The smallest absolute Gasteiger partial charge is 0.339 e. The molecule has 9 heteroatoms. The Morgan fingerprint density at radius 3 is 2.57 bits per heavy atom. The molecule has 0 spiro atoms. The summed E-state index contributed by atoms with van der Waals surface area (Å²) < 4.78 is 43.9. The van der Waals surface area contributed by atoms with E-state index in [-0.39, 0.29) is 33.4 Å². The number of hydrogen-bond donors (Lipinski definition) is 0. The van der Waals surface area contributed by atoms with Gasteiger partial charge in [0.15, 0.2) is 16.4 Å². The van der Waals surface area contributed by atoms with Crippen LogP contribution in [0.5, 0.6) is 0 Å². The molecule has 2 aromatic rings. The summed E-state index contributed by atoms with van der Waals surface area (Å²) in [5.74, 6) is -1.42. The number of carbonyl (C=O) groups excluding carboxylic acids is 2. The number of sulfone groups is 1. The Labute approximate surface area is 170 Å². The topological polar surface area (TPSA) is 82.4 Å². The molecule has 1 unspecified atom stereocenters. The molecule has 0 saturated carbocycles. The first-order chi connectivity index (χ1) is 13.1. The first-order valence-electron chi connectivity index (χ1n) is 8.63. The zero-order valence-corrected chi connectivity index (χ0v) is 17.8. The number of aryl methyl sites for hydroxylation is 1. The van der Waals surface area contributed by atoms with Crippen molar-refractivity contribution in [3.8, 4) is 0 Å². The van der Waals surface area contributed by atoms with E-state index >= 15 is 0 Å². The van der Waals surface area contributed by atoms with E-state index in [9.17, 15) is 22.4 Å². The maximum absolute atomic E-state index is 13.1. The Kier molecular flexibility index (Phi) is 5.77. The summed E-state index contributed by atoms with van der Waals surface area (Å²) in [4.78, 5) is 24.7. The van der Waals surface area contributed by atoms with Crippen LogP contribution in [0.2, 0.25) is 0 Å². The van der Waals surface area contributed by atoms with Crippen LogP contribution in [0.25, 0.3) is 0 Å². The zero-order valence-electron chi connectivity index (χ0n) is 15.4. The summed E-state index contributed by atoms with van der Waals surface area (Å²) >= 11 is 3.09. The lowest BCUT2D eigenvalue weighted by molar-refractivity contribution is 0.0473. The van der Waals surface area contributed by atoms with Crippen LogP contribution in [0.4, 0.5) is 4.39 Å². The highest BCUT2D eigenvalue weighted by atomic mass is 79.9. The van der Waals surface area contributed by atoms with Crippen LogP contribution in [0, 0.1) is 19.7 Å². The molecule has 1 aromatic heterocycles. The summed E-state index contributed by atoms with van der Waals surface area (Å²) in [5, 5.41) is 0. The molecule has 0 amide bonds. The third-order valence-electron chi connectivity index (χ3n) is 4.84. The van der Waals surface area contributed by atoms with E-state index in [4.69, 9.17) is 4.74 Å². The van der Waals surface area contributed by atoms with Gasteiger partial charge in [-0.25, -0.2) is 17.6 Å². The van der Waals surface area contributed by atoms with Crippen molar-refractivity contribution in [2.75, 3.05) is 18.1 Å². The second kappa shape index (κ2) is 7.79. The van der Waals surface area contributed by atoms with Gasteiger partial charge >= 0.3 is 5.97 Å². The van der Waals surface area contributed by atoms with Crippen molar-refractivity contribution in [2.24, 2.45) is 0 Å². The SMILES string of the molecule is Cc1cc(C(=O)COC(=O)c2ccc(F)cc2Br)c(C)n1C1CCS(=O)(=O)C1. The molecule has 28 heavy (non-hydrogen) atoms. The number of Topliss-reactive ketones (excluding diaryl/α,β-unsaturated/α-hetero) is 1. The van der Waals surface area contributed by atoms with Crippen LogP contribution in [-0.2, 0) is 14.6 Å². The van der Waals surface area contributed by atoms with Crippen molar-refractivity contribution in [3.63, 3.8) is 0 Å². The Hall–Kier alpha value is -2.00. The molecule has 1 aliphatic rings. The number of ketones is 1. The van der Waals surface area contributed by atoms with Crippen LogP contribution in [-0.4, -0.2) is 42.9 Å². The molecule has 0 radical (unpaired) electrons. The van der Waals surface area contributed by atoms with Crippen LogP contribution >= 0.6 is 15.9 Å².